The van der Waals surface area contributed by atoms with E-state index in [1.54, 1.807) is 27.7 Å². The van der Waals surface area contributed by atoms with Gasteiger partial charge in [-0.15, -0.1) is 0 Å². The van der Waals surface area contributed by atoms with Gasteiger partial charge in [0.05, 0.1) is 0 Å². The maximum atomic E-state index is 12.6. The molecule has 1 aliphatic rings. The van der Waals surface area contributed by atoms with Crippen molar-refractivity contribution in [2.75, 3.05) is 13.1 Å². The molecule has 6 heteroatoms. The van der Waals surface area contributed by atoms with Gasteiger partial charge in [-0.1, -0.05) is 36.4 Å². The smallest absolute Gasteiger partial charge is 0.316 e. The zero-order chi connectivity index (χ0) is 18.7. The number of hydrogen-bond donors (Lipinski definition) is 1. The van der Waals surface area contributed by atoms with Gasteiger partial charge in [0, 0.05) is 37.8 Å². The summed E-state index contributed by atoms with van der Waals surface area (Å²) in [5.74, 6) is -1.03. The van der Waals surface area contributed by atoms with E-state index in [1.165, 1.54) is 6.07 Å². The van der Waals surface area contributed by atoms with Crippen molar-refractivity contribution >= 4 is 11.9 Å². The third-order valence-corrected chi connectivity index (χ3v) is 5.18. The zero-order valence-electron chi connectivity index (χ0n) is 14.7. The van der Waals surface area contributed by atoms with E-state index in [4.69, 9.17) is 0 Å². The average Bonchev–Trinajstić information content (AvgIpc) is 3.09. The second-order valence-corrected chi connectivity index (χ2v) is 6.73. The first-order valence-corrected chi connectivity index (χ1v) is 8.67. The largest absolute Gasteiger partial charge is 0.481 e. The highest BCUT2D eigenvalue weighted by Crippen LogP contribution is 2.35. The van der Waals surface area contributed by atoms with Gasteiger partial charge in [-0.05, 0) is 25.0 Å². The van der Waals surface area contributed by atoms with Crippen molar-refractivity contribution in [3.8, 4) is 0 Å². The summed E-state index contributed by atoms with van der Waals surface area (Å²) in [4.78, 5) is 38.1. The second kappa shape index (κ2) is 7.15. The molecule has 3 rings (SSSR count). The molecule has 26 heavy (non-hydrogen) atoms. The van der Waals surface area contributed by atoms with Crippen molar-refractivity contribution in [1.82, 2.24) is 9.47 Å². The number of benzene rings is 1. The highest BCUT2D eigenvalue weighted by atomic mass is 16.4. The van der Waals surface area contributed by atoms with Gasteiger partial charge in [0.15, 0.2) is 0 Å². The normalized spacial score (nSPS) is 19.5. The van der Waals surface area contributed by atoms with Gasteiger partial charge in [-0.2, -0.15) is 0 Å². The summed E-state index contributed by atoms with van der Waals surface area (Å²) in [5, 5.41) is 9.81. The molecule has 1 aliphatic heterocycles. The van der Waals surface area contributed by atoms with Crippen molar-refractivity contribution in [2.45, 2.75) is 31.7 Å². The van der Waals surface area contributed by atoms with Gasteiger partial charge in [0.25, 0.3) is 5.56 Å². The van der Waals surface area contributed by atoms with E-state index >= 15 is 0 Å². The lowest BCUT2D eigenvalue weighted by Crippen LogP contribution is -2.40. The highest BCUT2D eigenvalue weighted by Gasteiger charge is 2.47. The SMILES string of the molecule is Cc1cccc(=O)n1CCC(=O)N1CC[C@@](C(=O)O)(c2ccccc2)C1. The summed E-state index contributed by atoms with van der Waals surface area (Å²) in [6.45, 7) is 2.69. The summed E-state index contributed by atoms with van der Waals surface area (Å²) < 4.78 is 1.57. The number of rotatable bonds is 5. The number of carboxylic acid groups (broad SMARTS) is 1. The number of pyridine rings is 1. The van der Waals surface area contributed by atoms with Gasteiger partial charge in [-0.3, -0.25) is 14.4 Å². The number of carbonyl (C=O) groups is 2. The lowest BCUT2D eigenvalue weighted by atomic mass is 9.80. The molecular formula is C20H22N2O4. The summed E-state index contributed by atoms with van der Waals surface area (Å²) in [5.41, 5.74) is 0.327. The first-order valence-electron chi connectivity index (χ1n) is 8.67. The quantitative estimate of drug-likeness (QED) is 0.888. The van der Waals surface area contributed by atoms with Crippen LogP contribution in [0.2, 0.25) is 0 Å². The molecule has 0 bridgehead atoms. The van der Waals surface area contributed by atoms with Crippen molar-refractivity contribution in [3.63, 3.8) is 0 Å². The van der Waals surface area contributed by atoms with Crippen LogP contribution in [0.3, 0.4) is 0 Å². The number of carbonyl (C=O) groups excluding carboxylic acids is 1. The first kappa shape index (κ1) is 17.9. The Hall–Kier alpha value is -2.89. The molecule has 0 aliphatic carbocycles. The predicted octanol–water partition coefficient (Wildman–Crippen LogP) is 1.80. The average molecular weight is 354 g/mol. The van der Waals surface area contributed by atoms with Crippen molar-refractivity contribution < 1.29 is 14.7 Å². The molecule has 1 saturated heterocycles. The standard InChI is InChI=1S/C20H22N2O4/c1-15-6-5-9-18(24)22(15)12-10-17(23)21-13-11-20(14-21,19(25)26)16-7-3-2-4-8-16/h2-9H,10-14H2,1H3,(H,25,26)/t20-/m0/s1. The van der Waals surface area contributed by atoms with Crippen LogP contribution in [0.1, 0.15) is 24.1 Å². The molecule has 1 fully saturated rings. The first-order chi connectivity index (χ1) is 12.4. The van der Waals surface area contributed by atoms with E-state index in [0.29, 0.717) is 19.5 Å². The number of aliphatic carboxylic acids is 1. The van der Waals surface area contributed by atoms with Crippen LogP contribution in [0.25, 0.3) is 0 Å². The molecule has 1 aromatic carbocycles. The lowest BCUT2D eigenvalue weighted by molar-refractivity contribution is -0.143. The zero-order valence-corrected chi connectivity index (χ0v) is 14.7. The van der Waals surface area contributed by atoms with Gasteiger partial charge in [-0.25, -0.2) is 0 Å². The van der Waals surface area contributed by atoms with Crippen LogP contribution in [0, 0.1) is 6.92 Å². The van der Waals surface area contributed by atoms with E-state index in [0.717, 1.165) is 11.3 Å². The Kier molecular flexibility index (Phi) is 4.93. The Morgan fingerprint density at radius 3 is 2.50 bits per heavy atom. The summed E-state index contributed by atoms with van der Waals surface area (Å²) in [7, 11) is 0. The van der Waals surface area contributed by atoms with Gasteiger partial charge in [0.2, 0.25) is 5.91 Å². The monoisotopic (exact) mass is 354 g/mol. The van der Waals surface area contributed by atoms with Crippen LogP contribution < -0.4 is 5.56 Å². The molecule has 0 radical (unpaired) electrons. The Morgan fingerprint density at radius 1 is 1.12 bits per heavy atom. The number of carboxylic acids is 1. The van der Waals surface area contributed by atoms with E-state index in [-0.39, 0.29) is 24.4 Å². The number of hydrogen-bond acceptors (Lipinski definition) is 3. The van der Waals surface area contributed by atoms with Crippen LogP contribution in [-0.2, 0) is 21.5 Å². The van der Waals surface area contributed by atoms with Crippen LogP contribution in [-0.4, -0.2) is 39.5 Å². The van der Waals surface area contributed by atoms with E-state index in [9.17, 15) is 19.5 Å². The third-order valence-electron chi connectivity index (χ3n) is 5.18. The molecule has 6 nitrogen and oxygen atoms in total. The fraction of sp³-hybridized carbons (Fsp3) is 0.350. The molecule has 0 spiro atoms. The molecule has 2 heterocycles. The Morgan fingerprint density at radius 2 is 1.85 bits per heavy atom. The van der Waals surface area contributed by atoms with Crippen LogP contribution in [0.4, 0.5) is 0 Å². The predicted molar refractivity (Wildman–Crippen MR) is 97.0 cm³/mol. The topological polar surface area (TPSA) is 79.6 Å². The van der Waals surface area contributed by atoms with Crippen molar-refractivity contribution in [3.05, 3.63) is 70.1 Å². The van der Waals surface area contributed by atoms with Gasteiger partial charge in [0.1, 0.15) is 5.41 Å². The van der Waals surface area contributed by atoms with Crippen molar-refractivity contribution in [2.24, 2.45) is 0 Å². The van der Waals surface area contributed by atoms with Crippen LogP contribution in [0.5, 0.6) is 0 Å². The number of amides is 1. The van der Waals surface area contributed by atoms with E-state index in [2.05, 4.69) is 0 Å². The molecule has 1 atom stereocenters. The minimum absolute atomic E-state index is 0.126. The van der Waals surface area contributed by atoms with Gasteiger partial charge >= 0.3 is 5.97 Å². The Labute approximate surface area is 151 Å². The van der Waals surface area contributed by atoms with E-state index < -0.39 is 11.4 Å². The van der Waals surface area contributed by atoms with Crippen molar-refractivity contribution in [1.29, 1.82) is 0 Å². The minimum Gasteiger partial charge on any atom is -0.481 e. The molecule has 1 aromatic heterocycles. The molecule has 2 aromatic rings. The summed E-state index contributed by atoms with van der Waals surface area (Å²) in [6, 6.07) is 14.1. The van der Waals surface area contributed by atoms with Gasteiger partial charge < -0.3 is 14.6 Å². The maximum Gasteiger partial charge on any atom is 0.316 e. The number of nitrogens with zero attached hydrogens (tertiary/aromatic N) is 2. The summed E-state index contributed by atoms with van der Waals surface area (Å²) in [6.07, 6.45) is 0.567. The van der Waals surface area contributed by atoms with Crippen LogP contribution in [0.15, 0.2) is 53.3 Å². The second-order valence-electron chi connectivity index (χ2n) is 6.73. The maximum absolute atomic E-state index is 12.6. The molecular weight excluding hydrogens is 332 g/mol. The number of aromatic nitrogens is 1. The molecule has 1 amide bonds. The minimum atomic E-state index is -1.06. The molecule has 1 N–H and O–H groups in total. The Bertz CT molecular complexity index is 875. The third kappa shape index (κ3) is 3.27. The van der Waals surface area contributed by atoms with E-state index in [1.807, 2.05) is 31.2 Å². The fourth-order valence-electron chi connectivity index (χ4n) is 3.59. The highest BCUT2D eigenvalue weighted by molar-refractivity contribution is 5.85. The number of aryl methyl sites for hydroxylation is 1. The molecule has 0 saturated carbocycles. The fourth-order valence-corrected chi connectivity index (χ4v) is 3.59. The van der Waals surface area contributed by atoms with Crippen LogP contribution >= 0.6 is 0 Å². The molecule has 0 unspecified atom stereocenters. The lowest BCUT2D eigenvalue weighted by Gasteiger charge is -2.25. The summed E-state index contributed by atoms with van der Waals surface area (Å²) >= 11 is 0. The Balaban J connectivity index is 1.72. The molecule has 136 valence electrons. The number of likely N-dealkylation sites (tertiary alicyclic amines) is 1.